The lowest BCUT2D eigenvalue weighted by atomic mass is 10.0. The van der Waals surface area contributed by atoms with E-state index in [0.717, 1.165) is 43.9 Å². The molecule has 1 aliphatic heterocycles. The molecule has 1 atom stereocenters. The number of carbonyl (C=O) groups is 1. The van der Waals surface area contributed by atoms with E-state index in [1.165, 1.54) is 48.8 Å². The first-order chi connectivity index (χ1) is 30.9. The first-order valence-corrected chi connectivity index (χ1v) is 21.6. The van der Waals surface area contributed by atoms with Gasteiger partial charge < -0.3 is 19.1 Å². The maximum absolute atomic E-state index is 13.4. The molecule has 9 rings (SSSR count). The fourth-order valence-electron chi connectivity index (χ4n) is 6.88. The Kier molecular flexibility index (Phi) is 14.0. The Bertz CT molecular complexity index is 3100. The lowest BCUT2D eigenvalue weighted by molar-refractivity contribution is -0.137. The van der Waals surface area contributed by atoms with E-state index in [9.17, 15) is 31.8 Å². The highest BCUT2D eigenvalue weighted by Crippen LogP contribution is 2.38. The van der Waals surface area contributed by atoms with E-state index in [4.69, 9.17) is 20.4 Å². The van der Waals surface area contributed by atoms with Gasteiger partial charge in [0, 0.05) is 48.7 Å². The van der Waals surface area contributed by atoms with Crippen molar-refractivity contribution in [3.63, 3.8) is 0 Å². The van der Waals surface area contributed by atoms with E-state index in [1.54, 1.807) is 60.7 Å². The summed E-state index contributed by atoms with van der Waals surface area (Å²) in [6.07, 6.45) is 0.572. The Hall–Kier alpha value is -7.10. The standard InChI is InChI=1S/C25H20ClN3O3.C21H13F3N2O3S.C2H6/c26-18-9-2-1-7-16(18)22-15-21(30)17-8-5-10-19(24(17)32-22)28-25(31)20-11-6-12-23(27-20)29-13-3-4-14-29;22-21(23,24)16-8-2-1-6-14(16)19-11-18(27)15-7-3-9-17(20(15)29-19)26-30(28)13-5-4-10-25-12-13;1-2/h1-2,5-12,15H,3-4,13-14H2,(H,28,31);1-12,26H;1-2H3. The fraction of sp³-hybridized carbons (Fsp3) is 0.146. The lowest BCUT2D eigenvalue weighted by Gasteiger charge is -2.16. The van der Waals surface area contributed by atoms with E-state index >= 15 is 0 Å². The van der Waals surface area contributed by atoms with Crippen LogP contribution in [0.15, 0.2) is 163 Å². The van der Waals surface area contributed by atoms with Crippen LogP contribution in [0.5, 0.6) is 0 Å². The average molecular weight is 906 g/mol. The number of nitrogens with one attached hydrogen (secondary N) is 2. The highest BCUT2D eigenvalue weighted by atomic mass is 35.5. The topological polar surface area (TPSA) is 148 Å². The van der Waals surface area contributed by atoms with Crippen LogP contribution >= 0.6 is 11.6 Å². The van der Waals surface area contributed by atoms with Crippen molar-refractivity contribution >= 4 is 67.6 Å². The quantitative estimate of drug-likeness (QED) is 0.152. The zero-order valence-corrected chi connectivity index (χ0v) is 35.9. The van der Waals surface area contributed by atoms with Crippen molar-refractivity contribution in [3.05, 3.63) is 177 Å². The van der Waals surface area contributed by atoms with Crippen LogP contribution in [-0.4, -0.2) is 33.2 Å². The summed E-state index contributed by atoms with van der Waals surface area (Å²) in [5.41, 5.74) is -0.0991. The summed E-state index contributed by atoms with van der Waals surface area (Å²) in [6.45, 7) is 5.88. The van der Waals surface area contributed by atoms with Crippen molar-refractivity contribution in [2.45, 2.75) is 37.8 Å². The fourth-order valence-corrected chi connectivity index (χ4v) is 7.94. The van der Waals surface area contributed by atoms with Crippen LogP contribution in [0.1, 0.15) is 42.7 Å². The molecule has 326 valence electrons. The van der Waals surface area contributed by atoms with Crippen LogP contribution in [0, 0.1) is 0 Å². The number of anilines is 3. The number of benzene rings is 4. The number of aromatic nitrogens is 2. The predicted molar refractivity (Wildman–Crippen MR) is 245 cm³/mol. The molecule has 0 bridgehead atoms. The van der Waals surface area contributed by atoms with E-state index < -0.39 is 28.2 Å². The smallest absolute Gasteiger partial charge is 0.417 e. The van der Waals surface area contributed by atoms with Gasteiger partial charge in [0.15, 0.2) is 33.0 Å². The minimum atomic E-state index is -4.62. The van der Waals surface area contributed by atoms with Crippen molar-refractivity contribution in [1.82, 2.24) is 9.97 Å². The lowest BCUT2D eigenvalue weighted by Crippen LogP contribution is -2.21. The zero-order valence-electron chi connectivity index (χ0n) is 34.3. The summed E-state index contributed by atoms with van der Waals surface area (Å²) >= 11 is 6.29. The molecule has 11 nitrogen and oxygen atoms in total. The monoisotopic (exact) mass is 905 g/mol. The molecule has 1 aliphatic rings. The molecule has 1 saturated heterocycles. The molecule has 4 aromatic heterocycles. The van der Waals surface area contributed by atoms with Crippen LogP contribution in [0.4, 0.5) is 30.4 Å². The number of amides is 1. The molecule has 0 radical (unpaired) electrons. The van der Waals surface area contributed by atoms with E-state index in [2.05, 4.69) is 24.9 Å². The molecular formula is C48H39ClF3N5O6S. The molecule has 0 saturated carbocycles. The maximum Gasteiger partial charge on any atom is 0.417 e. The molecule has 16 heteroatoms. The van der Waals surface area contributed by atoms with Gasteiger partial charge in [0.25, 0.3) is 5.91 Å². The molecule has 1 fully saturated rings. The third-order valence-corrected chi connectivity index (χ3v) is 11.2. The SMILES string of the molecule is CC.O=C(Nc1cccc2c(=O)cc(-c3ccccc3Cl)oc12)c1cccc(N2CCCC2)n1.O=c1cc(-c2ccccc2C(F)(F)F)oc2c(NS(=O)c3cccnc3)cccc12. The van der Waals surface area contributed by atoms with Gasteiger partial charge in [-0.15, -0.1) is 0 Å². The number of alkyl halides is 3. The van der Waals surface area contributed by atoms with Crippen molar-refractivity contribution in [3.8, 4) is 22.6 Å². The van der Waals surface area contributed by atoms with Gasteiger partial charge in [-0.25, -0.2) is 9.19 Å². The Labute approximate surface area is 372 Å². The minimum Gasteiger partial charge on any atom is -0.454 e. The van der Waals surface area contributed by atoms with Gasteiger partial charge in [-0.3, -0.25) is 24.1 Å². The number of hydrogen-bond acceptors (Lipinski definition) is 9. The van der Waals surface area contributed by atoms with Crippen LogP contribution in [0.3, 0.4) is 0 Å². The summed E-state index contributed by atoms with van der Waals surface area (Å²) in [7, 11) is -1.72. The van der Waals surface area contributed by atoms with Gasteiger partial charge >= 0.3 is 6.18 Å². The number of hydrogen-bond donors (Lipinski definition) is 2. The first-order valence-electron chi connectivity index (χ1n) is 20.1. The molecule has 64 heavy (non-hydrogen) atoms. The molecule has 0 spiro atoms. The highest BCUT2D eigenvalue weighted by Gasteiger charge is 2.34. The van der Waals surface area contributed by atoms with Crippen LogP contribution in [0.2, 0.25) is 5.02 Å². The number of para-hydroxylation sites is 2. The second-order valence-corrected chi connectivity index (χ2v) is 15.5. The van der Waals surface area contributed by atoms with Gasteiger partial charge in [-0.05, 0) is 79.6 Å². The minimum absolute atomic E-state index is 0.00854. The van der Waals surface area contributed by atoms with E-state index in [-0.39, 0.29) is 39.3 Å². The number of halogens is 4. The largest absolute Gasteiger partial charge is 0.454 e. The summed E-state index contributed by atoms with van der Waals surface area (Å²) in [5, 5.41) is 3.85. The van der Waals surface area contributed by atoms with E-state index in [0.29, 0.717) is 43.6 Å². The van der Waals surface area contributed by atoms with Gasteiger partial charge in [0.2, 0.25) is 0 Å². The molecule has 4 aromatic carbocycles. The number of carbonyl (C=O) groups excluding carboxylic acids is 1. The van der Waals surface area contributed by atoms with Crippen molar-refractivity contribution in [1.29, 1.82) is 0 Å². The van der Waals surface area contributed by atoms with E-state index in [1.807, 2.05) is 32.0 Å². The van der Waals surface area contributed by atoms with Gasteiger partial charge in [0.05, 0.1) is 37.6 Å². The van der Waals surface area contributed by atoms with Gasteiger partial charge in [-0.1, -0.05) is 74.0 Å². The van der Waals surface area contributed by atoms with Crippen LogP contribution in [0.25, 0.3) is 44.6 Å². The second-order valence-electron chi connectivity index (χ2n) is 13.9. The second kappa shape index (κ2) is 19.9. The zero-order chi connectivity index (χ0) is 45.4. The van der Waals surface area contributed by atoms with Crippen LogP contribution < -0.4 is 25.8 Å². The van der Waals surface area contributed by atoms with Crippen molar-refractivity contribution in [2.75, 3.05) is 28.0 Å². The predicted octanol–water partition coefficient (Wildman–Crippen LogP) is 11.4. The Morgan fingerprint density at radius 2 is 1.33 bits per heavy atom. The molecule has 5 heterocycles. The maximum atomic E-state index is 13.4. The molecule has 0 aliphatic carbocycles. The number of fused-ring (bicyclic) bond motifs is 2. The average Bonchev–Trinajstić information content (AvgIpc) is 3.86. The third-order valence-electron chi connectivity index (χ3n) is 9.84. The number of pyridine rings is 2. The van der Waals surface area contributed by atoms with Crippen molar-refractivity contribution in [2.24, 2.45) is 0 Å². The Morgan fingerprint density at radius 3 is 1.97 bits per heavy atom. The molecule has 8 aromatic rings. The summed E-state index contributed by atoms with van der Waals surface area (Å²) in [6, 6.07) is 32.7. The van der Waals surface area contributed by atoms with Crippen molar-refractivity contribution < 1.29 is 31.0 Å². The molecular weight excluding hydrogens is 867 g/mol. The summed E-state index contributed by atoms with van der Waals surface area (Å²) in [5.74, 6) is 0.524. The normalized spacial score (nSPS) is 12.8. The van der Waals surface area contributed by atoms with Gasteiger partial charge in [0.1, 0.15) is 23.0 Å². The summed E-state index contributed by atoms with van der Waals surface area (Å²) < 4.78 is 67.3. The molecule has 1 unspecified atom stereocenters. The number of rotatable bonds is 8. The first kappa shape index (κ1) is 44.9. The van der Waals surface area contributed by atoms with Gasteiger partial charge in [-0.2, -0.15) is 13.2 Å². The molecule has 1 amide bonds. The highest BCUT2D eigenvalue weighted by molar-refractivity contribution is 7.86. The molecule has 2 N–H and O–H groups in total. The summed E-state index contributed by atoms with van der Waals surface area (Å²) in [4.78, 5) is 49.3. The van der Waals surface area contributed by atoms with Crippen LogP contribution in [-0.2, 0) is 17.2 Å². The Morgan fingerprint density at radius 1 is 0.734 bits per heavy atom. The number of nitrogens with zero attached hydrogens (tertiary/aromatic N) is 3. The third kappa shape index (κ3) is 10.1. The Balaban J connectivity index is 0.000000185.